The van der Waals surface area contributed by atoms with Crippen molar-refractivity contribution in [3.63, 3.8) is 0 Å². The molecule has 1 amide bonds. The largest absolute Gasteiger partial charge is 0.495 e. The number of rotatable bonds is 4. The number of nitrogens with one attached hydrogen (secondary N) is 1. The molecule has 0 radical (unpaired) electrons. The molecule has 0 saturated carbocycles. The van der Waals surface area contributed by atoms with Crippen LogP contribution in [0.3, 0.4) is 0 Å². The number of methoxy groups -OCH3 is 1. The molecule has 1 rings (SSSR count). The van der Waals surface area contributed by atoms with Gasteiger partial charge in [0.2, 0.25) is 0 Å². The highest BCUT2D eigenvalue weighted by Gasteiger charge is 2.10. The predicted octanol–water partition coefficient (Wildman–Crippen LogP) is 3.62. The normalized spacial score (nSPS) is 9.88. The Hall–Kier alpha value is -1.42. The first-order valence-electron chi connectivity index (χ1n) is 5.36. The number of anilines is 1. The number of halogens is 1. The van der Waals surface area contributed by atoms with Gasteiger partial charge in [0.05, 0.1) is 19.4 Å². The quantitative estimate of drug-likeness (QED) is 0.896. The second-order valence-corrected chi connectivity index (χ2v) is 3.97. The van der Waals surface area contributed by atoms with Gasteiger partial charge in [-0.3, -0.25) is 5.32 Å². The van der Waals surface area contributed by atoms with Crippen LogP contribution in [0.4, 0.5) is 10.5 Å². The Kier molecular flexibility index (Phi) is 5.10. The Morgan fingerprint density at radius 1 is 1.47 bits per heavy atom. The predicted molar refractivity (Wildman–Crippen MR) is 68.0 cm³/mol. The van der Waals surface area contributed by atoms with E-state index in [0.29, 0.717) is 23.1 Å². The van der Waals surface area contributed by atoms with Crippen LogP contribution in [0.15, 0.2) is 12.1 Å². The summed E-state index contributed by atoms with van der Waals surface area (Å²) in [5.41, 5.74) is 1.41. The summed E-state index contributed by atoms with van der Waals surface area (Å²) in [6.07, 6.45) is 0.288. The van der Waals surface area contributed by atoms with Gasteiger partial charge >= 0.3 is 6.09 Å². The summed E-state index contributed by atoms with van der Waals surface area (Å²) in [7, 11) is 1.52. The maximum atomic E-state index is 11.4. The van der Waals surface area contributed by atoms with E-state index in [2.05, 4.69) is 5.32 Å². The monoisotopic (exact) mass is 257 g/mol. The van der Waals surface area contributed by atoms with Crippen LogP contribution in [-0.2, 0) is 4.74 Å². The molecule has 0 spiro atoms. The van der Waals surface area contributed by atoms with Gasteiger partial charge in [-0.2, -0.15) is 0 Å². The van der Waals surface area contributed by atoms with Crippen molar-refractivity contribution in [2.45, 2.75) is 20.3 Å². The minimum atomic E-state index is -0.494. The van der Waals surface area contributed by atoms with Gasteiger partial charge in [0.25, 0.3) is 0 Å². The molecule has 0 saturated heterocycles. The fraction of sp³-hybridized carbons (Fsp3) is 0.417. The van der Waals surface area contributed by atoms with Crippen molar-refractivity contribution < 1.29 is 14.3 Å². The van der Waals surface area contributed by atoms with Crippen molar-refractivity contribution in [1.82, 2.24) is 0 Å². The number of amides is 1. The fourth-order valence-electron chi connectivity index (χ4n) is 1.27. The highest BCUT2D eigenvalue weighted by atomic mass is 35.5. The smallest absolute Gasteiger partial charge is 0.411 e. The van der Waals surface area contributed by atoms with Crippen molar-refractivity contribution in [2.75, 3.05) is 19.0 Å². The molecule has 0 unspecified atom stereocenters. The zero-order valence-corrected chi connectivity index (χ0v) is 10.9. The van der Waals surface area contributed by atoms with E-state index in [-0.39, 0.29) is 0 Å². The average molecular weight is 258 g/mol. The Morgan fingerprint density at radius 3 is 2.76 bits per heavy atom. The van der Waals surface area contributed by atoms with Crippen LogP contribution >= 0.6 is 11.6 Å². The standard InChI is InChI=1S/C12H16ClNO3/c1-4-5-17-12(15)14-10-6-8(2)9(13)7-11(10)16-3/h6-7H,4-5H2,1-3H3,(H,14,15). The lowest BCUT2D eigenvalue weighted by molar-refractivity contribution is 0.161. The second kappa shape index (κ2) is 6.35. The van der Waals surface area contributed by atoms with Gasteiger partial charge in [-0.15, -0.1) is 0 Å². The molecule has 1 aromatic rings. The van der Waals surface area contributed by atoms with E-state index >= 15 is 0 Å². The lowest BCUT2D eigenvalue weighted by Gasteiger charge is -2.12. The van der Waals surface area contributed by atoms with Crippen LogP contribution in [0.25, 0.3) is 0 Å². The van der Waals surface area contributed by atoms with E-state index in [9.17, 15) is 4.79 Å². The van der Waals surface area contributed by atoms with Crippen molar-refractivity contribution in [3.05, 3.63) is 22.7 Å². The summed E-state index contributed by atoms with van der Waals surface area (Å²) in [5, 5.41) is 3.21. The Bertz CT molecular complexity index is 407. The minimum absolute atomic E-state index is 0.390. The maximum Gasteiger partial charge on any atom is 0.411 e. The molecular weight excluding hydrogens is 242 g/mol. The lowest BCUT2D eigenvalue weighted by atomic mass is 10.2. The van der Waals surface area contributed by atoms with E-state index in [4.69, 9.17) is 21.1 Å². The summed E-state index contributed by atoms with van der Waals surface area (Å²) in [6.45, 7) is 4.17. The van der Waals surface area contributed by atoms with Crippen LogP contribution in [0.1, 0.15) is 18.9 Å². The molecule has 0 aliphatic rings. The first kappa shape index (κ1) is 13.6. The fourth-order valence-corrected chi connectivity index (χ4v) is 1.42. The minimum Gasteiger partial charge on any atom is -0.495 e. The summed E-state index contributed by atoms with van der Waals surface area (Å²) in [4.78, 5) is 11.4. The molecule has 0 aromatic heterocycles. The third kappa shape index (κ3) is 3.82. The number of hydrogen-bond acceptors (Lipinski definition) is 3. The Balaban J connectivity index is 2.82. The molecule has 0 fully saturated rings. The van der Waals surface area contributed by atoms with Gasteiger partial charge in [0.1, 0.15) is 5.75 Å². The van der Waals surface area contributed by atoms with Crippen LogP contribution in [0.2, 0.25) is 5.02 Å². The van der Waals surface area contributed by atoms with Crippen LogP contribution in [0.5, 0.6) is 5.75 Å². The van der Waals surface area contributed by atoms with Crippen molar-refractivity contribution >= 4 is 23.4 Å². The molecule has 17 heavy (non-hydrogen) atoms. The van der Waals surface area contributed by atoms with Gasteiger partial charge < -0.3 is 9.47 Å². The number of carbonyl (C=O) groups excluding carboxylic acids is 1. The molecule has 0 aliphatic carbocycles. The van der Waals surface area contributed by atoms with Crippen LogP contribution in [0, 0.1) is 6.92 Å². The first-order valence-corrected chi connectivity index (χ1v) is 5.74. The number of ether oxygens (including phenoxy) is 2. The topological polar surface area (TPSA) is 47.6 Å². The SMILES string of the molecule is CCCOC(=O)Nc1cc(C)c(Cl)cc1OC. The van der Waals surface area contributed by atoms with Crippen molar-refractivity contribution in [3.8, 4) is 5.75 Å². The van der Waals surface area contributed by atoms with E-state index in [1.165, 1.54) is 7.11 Å². The molecular formula is C12H16ClNO3. The molecule has 0 aliphatic heterocycles. The van der Waals surface area contributed by atoms with E-state index in [1.54, 1.807) is 12.1 Å². The molecule has 5 heteroatoms. The molecule has 0 bridgehead atoms. The second-order valence-electron chi connectivity index (χ2n) is 3.56. The summed E-state index contributed by atoms with van der Waals surface area (Å²) < 4.78 is 10.1. The van der Waals surface area contributed by atoms with Gasteiger partial charge in [0, 0.05) is 11.1 Å². The van der Waals surface area contributed by atoms with Crippen molar-refractivity contribution in [1.29, 1.82) is 0 Å². The van der Waals surface area contributed by atoms with E-state index < -0.39 is 6.09 Å². The third-order valence-electron chi connectivity index (χ3n) is 2.15. The summed E-state index contributed by atoms with van der Waals surface area (Å²) in [6, 6.07) is 3.40. The van der Waals surface area contributed by atoms with Gasteiger partial charge in [-0.25, -0.2) is 4.79 Å². The zero-order valence-electron chi connectivity index (χ0n) is 10.2. The third-order valence-corrected chi connectivity index (χ3v) is 2.56. The van der Waals surface area contributed by atoms with Gasteiger partial charge in [-0.1, -0.05) is 18.5 Å². The zero-order chi connectivity index (χ0) is 12.8. The molecule has 1 aromatic carbocycles. The summed E-state index contributed by atoms with van der Waals surface area (Å²) >= 11 is 5.96. The van der Waals surface area contributed by atoms with Gasteiger partial charge in [-0.05, 0) is 25.0 Å². The first-order chi connectivity index (χ1) is 8.08. The van der Waals surface area contributed by atoms with E-state index in [0.717, 1.165) is 12.0 Å². The maximum absolute atomic E-state index is 11.4. The van der Waals surface area contributed by atoms with Crippen LogP contribution in [-0.4, -0.2) is 19.8 Å². The molecule has 94 valence electrons. The average Bonchev–Trinajstić information content (AvgIpc) is 2.31. The number of hydrogen-bond donors (Lipinski definition) is 1. The Labute approximate surface area is 106 Å². The number of aryl methyl sites for hydroxylation is 1. The lowest BCUT2D eigenvalue weighted by Crippen LogP contribution is -2.14. The summed E-state index contributed by atoms with van der Waals surface area (Å²) in [5.74, 6) is 0.508. The Morgan fingerprint density at radius 2 is 2.18 bits per heavy atom. The molecule has 0 atom stereocenters. The van der Waals surface area contributed by atoms with Gasteiger partial charge in [0.15, 0.2) is 0 Å². The van der Waals surface area contributed by atoms with E-state index in [1.807, 2.05) is 13.8 Å². The molecule has 4 nitrogen and oxygen atoms in total. The molecule has 0 heterocycles. The number of carbonyl (C=O) groups is 1. The van der Waals surface area contributed by atoms with Crippen LogP contribution < -0.4 is 10.1 Å². The highest BCUT2D eigenvalue weighted by Crippen LogP contribution is 2.30. The van der Waals surface area contributed by atoms with Crippen molar-refractivity contribution in [2.24, 2.45) is 0 Å². The number of benzene rings is 1. The molecule has 1 N–H and O–H groups in total. The highest BCUT2D eigenvalue weighted by molar-refractivity contribution is 6.31.